The van der Waals surface area contributed by atoms with Gasteiger partial charge in [0, 0.05) is 12.0 Å². The fourth-order valence-electron chi connectivity index (χ4n) is 14.3. The molecule has 0 spiro atoms. The monoisotopic (exact) mass is 681 g/mol. The fourth-order valence-corrected chi connectivity index (χ4v) is 14.3. The van der Waals surface area contributed by atoms with E-state index < -0.39 is 11.4 Å². The molecule has 1 amide bonds. The second-order valence-corrected chi connectivity index (χ2v) is 20.1. The molecule has 0 aromatic rings. The molecule has 1 aliphatic heterocycles. The molecule has 0 bridgehead atoms. The van der Waals surface area contributed by atoms with Gasteiger partial charge in [-0.3, -0.25) is 14.4 Å². The van der Waals surface area contributed by atoms with Crippen LogP contribution in [0.5, 0.6) is 0 Å². The Balaban J connectivity index is 1.26. The summed E-state index contributed by atoms with van der Waals surface area (Å²) in [7, 11) is 0. The maximum atomic E-state index is 14.7. The molecule has 1 saturated heterocycles. The van der Waals surface area contributed by atoms with Crippen molar-refractivity contribution in [2.45, 2.75) is 157 Å². The van der Waals surface area contributed by atoms with Gasteiger partial charge in [0.2, 0.25) is 5.91 Å². The molecule has 6 rings (SSSR count). The molecule has 0 aromatic heterocycles. The molecule has 0 aromatic carbocycles. The van der Waals surface area contributed by atoms with Gasteiger partial charge in [0.25, 0.3) is 0 Å². The summed E-state index contributed by atoms with van der Waals surface area (Å²) in [4.78, 5) is 41.4. The third-order valence-corrected chi connectivity index (χ3v) is 16.8. The average molecular weight is 682 g/mol. The Labute approximate surface area is 296 Å². The summed E-state index contributed by atoms with van der Waals surface area (Å²) >= 11 is 0. The Morgan fingerprint density at radius 1 is 0.857 bits per heavy atom. The Bertz CT molecular complexity index is 1350. The van der Waals surface area contributed by atoms with Crippen LogP contribution in [-0.2, 0) is 19.1 Å². The molecule has 276 valence electrons. The first-order valence-corrected chi connectivity index (χ1v) is 19.8. The van der Waals surface area contributed by atoms with Crippen molar-refractivity contribution in [3.8, 4) is 0 Å². The molecular weight excluding hydrogens is 614 g/mol. The van der Waals surface area contributed by atoms with Gasteiger partial charge in [-0.15, -0.1) is 0 Å². The normalized spacial score (nSPS) is 44.3. The van der Waals surface area contributed by atoms with E-state index in [9.17, 15) is 24.6 Å². The predicted molar refractivity (Wildman–Crippen MR) is 191 cm³/mol. The van der Waals surface area contributed by atoms with Crippen LogP contribution in [0.3, 0.4) is 0 Å². The maximum Gasteiger partial charge on any atom is 0.306 e. The second-order valence-electron chi connectivity index (χ2n) is 20.1. The summed E-state index contributed by atoms with van der Waals surface area (Å²) < 4.78 is 6.27. The second kappa shape index (κ2) is 12.4. The lowest BCUT2D eigenvalue weighted by Gasteiger charge is -2.73. The zero-order valence-electron chi connectivity index (χ0n) is 32.0. The van der Waals surface area contributed by atoms with Crippen LogP contribution in [0.15, 0.2) is 12.2 Å². The van der Waals surface area contributed by atoms with Crippen LogP contribution in [0.2, 0.25) is 0 Å². The van der Waals surface area contributed by atoms with Gasteiger partial charge < -0.3 is 19.8 Å². The van der Waals surface area contributed by atoms with E-state index in [1.807, 2.05) is 13.8 Å². The number of ether oxygens (including phenoxy) is 1. The van der Waals surface area contributed by atoms with Gasteiger partial charge >= 0.3 is 11.9 Å². The van der Waals surface area contributed by atoms with Crippen LogP contribution in [0.25, 0.3) is 0 Å². The molecule has 0 unspecified atom stereocenters. The molecule has 7 heteroatoms. The summed E-state index contributed by atoms with van der Waals surface area (Å²) in [6.45, 7) is 23.7. The zero-order chi connectivity index (χ0) is 35.9. The quantitative estimate of drug-likeness (QED) is 0.197. The smallest absolute Gasteiger partial charge is 0.306 e. The lowest BCUT2D eigenvalue weighted by atomic mass is 9.32. The standard InChI is InChI=1S/C42H67NO6/c1-26(2)28-14-19-42(36(48)43-22-10-11-27(43)25-44)21-20-40(8)29(35(28)42)12-13-31-39(7)17-16-32(38(5,6)30(39)15-18-41(31,40)9)49-34(47)24-37(3,4)23-33(45)46/h27-32,35,44H,1,10-25H2,2-9H3,(H,45,46)/t27-,28-,29+,30-,31+,32-,35+,39-,40+,41+,42-/m0/s1. The van der Waals surface area contributed by atoms with Crippen LogP contribution in [0, 0.1) is 62.1 Å². The molecular formula is C42H67NO6. The van der Waals surface area contributed by atoms with Gasteiger partial charge in [-0.05, 0) is 135 Å². The fraction of sp³-hybridized carbons (Fsp3) is 0.881. The van der Waals surface area contributed by atoms with E-state index in [4.69, 9.17) is 4.74 Å². The van der Waals surface area contributed by atoms with Gasteiger partial charge in [-0.2, -0.15) is 0 Å². The summed E-state index contributed by atoms with van der Waals surface area (Å²) in [5, 5.41) is 19.5. The highest BCUT2D eigenvalue weighted by Crippen LogP contribution is 2.77. The molecule has 6 fully saturated rings. The van der Waals surface area contributed by atoms with Gasteiger partial charge in [-0.1, -0.05) is 60.6 Å². The number of allylic oxidation sites excluding steroid dienone is 1. The minimum atomic E-state index is -0.888. The van der Waals surface area contributed by atoms with Crippen molar-refractivity contribution in [3.63, 3.8) is 0 Å². The third kappa shape index (κ3) is 5.55. The van der Waals surface area contributed by atoms with Crippen molar-refractivity contribution in [1.82, 2.24) is 4.90 Å². The van der Waals surface area contributed by atoms with Crippen LogP contribution in [-0.4, -0.2) is 58.3 Å². The maximum absolute atomic E-state index is 14.7. The topological polar surface area (TPSA) is 104 Å². The number of amides is 1. The summed E-state index contributed by atoms with van der Waals surface area (Å²) in [5.74, 6) is 1.34. The molecule has 6 aliphatic rings. The van der Waals surface area contributed by atoms with Crippen LogP contribution in [0.1, 0.15) is 145 Å². The molecule has 7 nitrogen and oxygen atoms in total. The average Bonchev–Trinajstić information content (AvgIpc) is 3.63. The number of carboxylic acid groups (broad SMARTS) is 1. The van der Waals surface area contributed by atoms with E-state index in [2.05, 4.69) is 53.0 Å². The number of carboxylic acids is 1. The molecule has 2 N–H and O–H groups in total. The summed E-state index contributed by atoms with van der Waals surface area (Å²) in [5.41, 5.74) is 0.500. The lowest BCUT2D eigenvalue weighted by Crippen LogP contribution is -2.67. The minimum Gasteiger partial charge on any atom is -0.481 e. The summed E-state index contributed by atoms with van der Waals surface area (Å²) in [6.07, 6.45) is 12.3. The molecule has 49 heavy (non-hydrogen) atoms. The van der Waals surface area contributed by atoms with E-state index in [0.29, 0.717) is 35.5 Å². The number of fused-ring (bicyclic) bond motifs is 7. The molecule has 0 radical (unpaired) electrons. The van der Waals surface area contributed by atoms with Gasteiger partial charge in [0.05, 0.1) is 30.9 Å². The SMILES string of the molecule is C=C(C)[C@@H]1CC[C@]2(C(=O)N3CCC[C@H]3CO)CC[C@]3(C)[C@H](CC[C@@H]4[C@@]5(C)CC[C@H](OC(=O)CC(C)(C)CC(=O)O)C(C)(C)[C@@H]5CC[C@]43C)[C@@H]12. The zero-order valence-corrected chi connectivity index (χ0v) is 32.0. The van der Waals surface area contributed by atoms with Gasteiger partial charge in [0.1, 0.15) is 6.10 Å². The van der Waals surface area contributed by atoms with Crippen molar-refractivity contribution in [1.29, 1.82) is 0 Å². The largest absolute Gasteiger partial charge is 0.481 e. The third-order valence-electron chi connectivity index (χ3n) is 16.8. The van der Waals surface area contributed by atoms with Crippen molar-refractivity contribution in [2.75, 3.05) is 13.2 Å². The Morgan fingerprint density at radius 2 is 1.57 bits per heavy atom. The number of rotatable bonds is 8. The van der Waals surface area contributed by atoms with Crippen molar-refractivity contribution >= 4 is 17.8 Å². The molecule has 5 saturated carbocycles. The minimum absolute atomic E-state index is 0.0304. The number of nitrogens with zero attached hydrogens (tertiary/aromatic N) is 1. The van der Waals surface area contributed by atoms with Crippen LogP contribution >= 0.6 is 0 Å². The molecule has 5 aliphatic carbocycles. The van der Waals surface area contributed by atoms with Crippen LogP contribution < -0.4 is 0 Å². The first kappa shape index (κ1) is 36.9. The first-order valence-electron chi connectivity index (χ1n) is 19.8. The highest BCUT2D eigenvalue weighted by Gasteiger charge is 2.72. The van der Waals surface area contributed by atoms with Crippen molar-refractivity contribution < 1.29 is 29.3 Å². The summed E-state index contributed by atoms with van der Waals surface area (Å²) in [6, 6.07) is -0.0304. The number of carbonyl (C=O) groups excluding carboxylic acids is 2. The first-order chi connectivity index (χ1) is 22.8. The van der Waals surface area contributed by atoms with Gasteiger partial charge in [-0.25, -0.2) is 0 Å². The number of esters is 1. The number of aliphatic hydroxyl groups excluding tert-OH is 1. The number of hydrogen-bond acceptors (Lipinski definition) is 5. The number of hydrogen-bond donors (Lipinski definition) is 2. The predicted octanol–water partition coefficient (Wildman–Crippen LogP) is 8.43. The van der Waals surface area contributed by atoms with Crippen LogP contribution in [0.4, 0.5) is 0 Å². The van der Waals surface area contributed by atoms with E-state index in [1.54, 1.807) is 0 Å². The Morgan fingerprint density at radius 3 is 2.22 bits per heavy atom. The van der Waals surface area contributed by atoms with Crippen molar-refractivity contribution in [3.05, 3.63) is 12.2 Å². The highest BCUT2D eigenvalue weighted by atomic mass is 16.5. The van der Waals surface area contributed by atoms with Gasteiger partial charge in [0.15, 0.2) is 0 Å². The number of aliphatic carboxylic acids is 1. The number of carbonyl (C=O) groups is 3. The van der Waals surface area contributed by atoms with Crippen molar-refractivity contribution in [2.24, 2.45) is 62.1 Å². The number of aliphatic hydroxyl groups is 1. The molecule has 11 atom stereocenters. The van der Waals surface area contributed by atoms with E-state index in [-0.39, 0.29) is 64.6 Å². The Hall–Kier alpha value is -1.89. The number of likely N-dealkylation sites (tertiary alicyclic amines) is 1. The molecule has 1 heterocycles. The van der Waals surface area contributed by atoms with E-state index in [0.717, 1.165) is 77.2 Å². The Kier molecular flexibility index (Phi) is 9.31. The lowest BCUT2D eigenvalue weighted by molar-refractivity contribution is -0.250. The highest BCUT2D eigenvalue weighted by molar-refractivity contribution is 5.84. The van der Waals surface area contributed by atoms with E-state index in [1.165, 1.54) is 12.0 Å². The van der Waals surface area contributed by atoms with E-state index >= 15 is 0 Å².